The van der Waals surface area contributed by atoms with Crippen LogP contribution in [0.5, 0.6) is 0 Å². The second-order valence-corrected chi connectivity index (χ2v) is 9.27. The van der Waals surface area contributed by atoms with Crippen molar-refractivity contribution in [2.75, 3.05) is 24.4 Å². The molecule has 0 aliphatic rings. The SMILES string of the molecule is COC(=O)c1cc(Cl)ccc1NC(=O)C(CCC(=O)N(C)c1ccc(Cl)cc1)NC(=O)OCc1ccccc1. The van der Waals surface area contributed by atoms with Crippen LogP contribution >= 0.6 is 23.2 Å². The van der Waals surface area contributed by atoms with Gasteiger partial charge in [0, 0.05) is 29.2 Å². The average molecular weight is 572 g/mol. The fraction of sp³-hybridized carbons (Fsp3) is 0.214. The smallest absolute Gasteiger partial charge is 0.408 e. The molecule has 0 aromatic heterocycles. The minimum atomic E-state index is -1.17. The number of ether oxygens (including phenoxy) is 2. The summed E-state index contributed by atoms with van der Waals surface area (Å²) in [6.45, 7) is -0.0110. The minimum Gasteiger partial charge on any atom is -0.465 e. The topological polar surface area (TPSA) is 114 Å². The minimum absolute atomic E-state index is 0.0110. The third-order valence-corrected chi connectivity index (χ3v) is 6.19. The molecule has 11 heteroatoms. The molecule has 1 unspecified atom stereocenters. The summed E-state index contributed by atoms with van der Waals surface area (Å²) in [7, 11) is 2.79. The number of carbonyl (C=O) groups excluding carboxylic acids is 4. The normalized spacial score (nSPS) is 11.2. The van der Waals surface area contributed by atoms with Gasteiger partial charge >= 0.3 is 12.1 Å². The molecule has 0 aliphatic heterocycles. The molecular formula is C28H27Cl2N3O6. The Morgan fingerprint density at radius 3 is 2.26 bits per heavy atom. The van der Waals surface area contributed by atoms with Crippen LogP contribution < -0.4 is 15.5 Å². The molecule has 3 aromatic carbocycles. The maximum absolute atomic E-state index is 13.3. The number of hydrogen-bond acceptors (Lipinski definition) is 6. The molecule has 0 saturated carbocycles. The van der Waals surface area contributed by atoms with Crippen LogP contribution in [0.4, 0.5) is 16.2 Å². The number of carbonyl (C=O) groups is 4. The summed E-state index contributed by atoms with van der Waals surface area (Å²) in [5.74, 6) is -1.67. The predicted octanol–water partition coefficient (Wildman–Crippen LogP) is 5.46. The monoisotopic (exact) mass is 571 g/mol. The van der Waals surface area contributed by atoms with Gasteiger partial charge in [-0.1, -0.05) is 53.5 Å². The van der Waals surface area contributed by atoms with E-state index in [0.717, 1.165) is 5.56 Å². The Labute approximate surface area is 236 Å². The summed E-state index contributed by atoms with van der Waals surface area (Å²) >= 11 is 11.9. The first-order chi connectivity index (χ1) is 18.7. The first-order valence-corrected chi connectivity index (χ1v) is 12.6. The number of halogens is 2. The Hall–Kier alpha value is -4.08. The Morgan fingerprint density at radius 2 is 1.59 bits per heavy atom. The number of rotatable bonds is 10. The highest BCUT2D eigenvalue weighted by Crippen LogP contribution is 2.23. The van der Waals surface area contributed by atoms with Gasteiger partial charge < -0.3 is 25.0 Å². The predicted molar refractivity (Wildman–Crippen MR) is 149 cm³/mol. The number of amides is 3. The van der Waals surface area contributed by atoms with E-state index in [1.54, 1.807) is 55.6 Å². The number of alkyl carbamates (subject to hydrolysis) is 1. The van der Waals surface area contributed by atoms with Crippen molar-refractivity contribution in [3.05, 3.63) is 94.0 Å². The van der Waals surface area contributed by atoms with Crippen molar-refractivity contribution in [2.45, 2.75) is 25.5 Å². The molecule has 0 bridgehead atoms. The molecule has 0 aliphatic carbocycles. The van der Waals surface area contributed by atoms with Gasteiger partial charge in [-0.05, 0) is 54.4 Å². The molecule has 2 N–H and O–H groups in total. The lowest BCUT2D eigenvalue weighted by molar-refractivity contribution is -0.120. The molecule has 9 nitrogen and oxygen atoms in total. The van der Waals surface area contributed by atoms with E-state index in [-0.39, 0.29) is 41.6 Å². The van der Waals surface area contributed by atoms with Crippen molar-refractivity contribution in [3.8, 4) is 0 Å². The second-order valence-electron chi connectivity index (χ2n) is 8.40. The van der Waals surface area contributed by atoms with Gasteiger partial charge in [0.15, 0.2) is 0 Å². The van der Waals surface area contributed by atoms with Gasteiger partial charge in [0.2, 0.25) is 11.8 Å². The van der Waals surface area contributed by atoms with Gasteiger partial charge in [-0.15, -0.1) is 0 Å². The van der Waals surface area contributed by atoms with Crippen molar-refractivity contribution in [1.29, 1.82) is 0 Å². The van der Waals surface area contributed by atoms with E-state index in [1.165, 1.54) is 30.2 Å². The lowest BCUT2D eigenvalue weighted by Crippen LogP contribution is -2.45. The van der Waals surface area contributed by atoms with Gasteiger partial charge in [-0.2, -0.15) is 0 Å². The number of esters is 1. The summed E-state index contributed by atoms with van der Waals surface area (Å²) in [6.07, 6.45) is -0.980. The Bertz CT molecular complexity index is 1320. The number of hydrogen-bond donors (Lipinski definition) is 2. The zero-order valence-corrected chi connectivity index (χ0v) is 22.8. The van der Waals surface area contributed by atoms with Gasteiger partial charge in [0.1, 0.15) is 12.6 Å². The van der Waals surface area contributed by atoms with Crippen LogP contribution in [0.3, 0.4) is 0 Å². The maximum Gasteiger partial charge on any atom is 0.408 e. The molecule has 3 rings (SSSR count). The van der Waals surface area contributed by atoms with E-state index in [4.69, 9.17) is 32.7 Å². The molecule has 204 valence electrons. The van der Waals surface area contributed by atoms with E-state index in [1.807, 2.05) is 6.07 Å². The summed E-state index contributed by atoms with van der Waals surface area (Å²) in [4.78, 5) is 52.3. The average Bonchev–Trinajstić information content (AvgIpc) is 2.94. The van der Waals surface area contributed by atoms with Crippen LogP contribution in [0.25, 0.3) is 0 Å². The summed E-state index contributed by atoms with van der Waals surface area (Å²) in [5.41, 5.74) is 1.54. The van der Waals surface area contributed by atoms with E-state index < -0.39 is 24.0 Å². The van der Waals surface area contributed by atoms with Gasteiger partial charge in [-0.25, -0.2) is 9.59 Å². The van der Waals surface area contributed by atoms with Crippen LogP contribution in [0, 0.1) is 0 Å². The van der Waals surface area contributed by atoms with Crippen LogP contribution in [0.1, 0.15) is 28.8 Å². The highest BCUT2D eigenvalue weighted by molar-refractivity contribution is 6.31. The fourth-order valence-corrected chi connectivity index (χ4v) is 3.84. The fourth-order valence-electron chi connectivity index (χ4n) is 3.54. The van der Waals surface area contributed by atoms with Crippen molar-refractivity contribution in [2.24, 2.45) is 0 Å². The van der Waals surface area contributed by atoms with Gasteiger partial charge in [0.25, 0.3) is 0 Å². The van der Waals surface area contributed by atoms with Crippen LogP contribution in [-0.2, 0) is 25.7 Å². The molecule has 0 spiro atoms. The third kappa shape index (κ3) is 8.73. The Morgan fingerprint density at radius 1 is 0.923 bits per heavy atom. The highest BCUT2D eigenvalue weighted by atomic mass is 35.5. The van der Waals surface area contributed by atoms with Crippen molar-refractivity contribution in [1.82, 2.24) is 5.32 Å². The second kappa shape index (κ2) is 14.2. The van der Waals surface area contributed by atoms with Crippen molar-refractivity contribution in [3.63, 3.8) is 0 Å². The Balaban J connectivity index is 1.73. The summed E-state index contributed by atoms with van der Waals surface area (Å²) < 4.78 is 10.0. The molecule has 3 aromatic rings. The van der Waals surface area contributed by atoms with E-state index in [9.17, 15) is 19.2 Å². The molecule has 0 radical (unpaired) electrons. The van der Waals surface area contributed by atoms with Crippen molar-refractivity contribution >= 4 is 58.5 Å². The molecule has 1 atom stereocenters. The van der Waals surface area contributed by atoms with Crippen molar-refractivity contribution < 1.29 is 28.7 Å². The van der Waals surface area contributed by atoms with E-state index in [0.29, 0.717) is 10.7 Å². The van der Waals surface area contributed by atoms with E-state index in [2.05, 4.69) is 10.6 Å². The number of anilines is 2. The maximum atomic E-state index is 13.3. The number of nitrogens with zero attached hydrogens (tertiary/aromatic N) is 1. The third-order valence-electron chi connectivity index (χ3n) is 5.70. The summed E-state index contributed by atoms with van der Waals surface area (Å²) in [5, 5.41) is 5.93. The zero-order chi connectivity index (χ0) is 28.4. The summed E-state index contributed by atoms with van der Waals surface area (Å²) in [6, 6.07) is 18.8. The Kier molecular flexibility index (Phi) is 10.7. The first-order valence-electron chi connectivity index (χ1n) is 11.9. The largest absolute Gasteiger partial charge is 0.465 e. The van der Waals surface area contributed by atoms with Crippen LogP contribution in [0.15, 0.2) is 72.8 Å². The quantitative estimate of drug-likeness (QED) is 0.312. The highest BCUT2D eigenvalue weighted by Gasteiger charge is 2.25. The lowest BCUT2D eigenvalue weighted by Gasteiger charge is -2.21. The molecule has 0 saturated heterocycles. The molecule has 0 fully saturated rings. The molecule has 39 heavy (non-hydrogen) atoms. The van der Waals surface area contributed by atoms with Gasteiger partial charge in [-0.3, -0.25) is 9.59 Å². The number of nitrogens with one attached hydrogen (secondary N) is 2. The number of benzene rings is 3. The zero-order valence-electron chi connectivity index (χ0n) is 21.3. The standard InChI is InChI=1S/C28H27Cl2N3O6/c1-33(21-11-8-19(29)9-12-21)25(34)15-14-24(32-28(37)39-17-18-6-4-3-5-7-18)26(35)31-23-13-10-20(30)16-22(23)27(36)38-2/h3-13,16,24H,14-15,17H2,1-2H3,(H,31,35)(H,32,37). The van der Waals surface area contributed by atoms with Crippen LogP contribution in [-0.4, -0.2) is 44.1 Å². The first kappa shape index (κ1) is 29.5. The number of methoxy groups -OCH3 is 1. The molecule has 0 heterocycles. The van der Waals surface area contributed by atoms with Crippen LogP contribution in [0.2, 0.25) is 10.0 Å². The molecule has 3 amide bonds. The lowest BCUT2D eigenvalue weighted by atomic mass is 10.1. The molecular weight excluding hydrogens is 545 g/mol. The van der Waals surface area contributed by atoms with Gasteiger partial charge in [0.05, 0.1) is 18.4 Å². The van der Waals surface area contributed by atoms with E-state index >= 15 is 0 Å².